The molecule has 3 N–H and O–H groups in total. The monoisotopic (exact) mass is 250 g/mol. The van der Waals surface area contributed by atoms with Crippen molar-refractivity contribution in [1.29, 1.82) is 0 Å². The number of hydrogen-bond acceptors (Lipinski definition) is 3. The number of aliphatic hydroxyl groups is 1. The van der Waals surface area contributed by atoms with Gasteiger partial charge in [0, 0.05) is 6.54 Å². The van der Waals surface area contributed by atoms with Crippen LogP contribution in [0.5, 0.6) is 0 Å². The molecule has 15 heavy (non-hydrogen) atoms. The summed E-state index contributed by atoms with van der Waals surface area (Å²) in [6.07, 6.45) is -5.17. The van der Waals surface area contributed by atoms with Gasteiger partial charge in [-0.2, -0.15) is 26.3 Å². The van der Waals surface area contributed by atoms with E-state index >= 15 is 0 Å². The summed E-state index contributed by atoms with van der Waals surface area (Å²) in [6.45, 7) is -0.292. The van der Waals surface area contributed by atoms with Crippen LogP contribution in [0.15, 0.2) is 0 Å². The Hall–Kier alpha value is -0.380. The Kier molecular flexibility index (Phi) is 5.49. The molecular weight excluding hydrogens is 237 g/mol. The summed E-state index contributed by atoms with van der Waals surface area (Å²) in [5.41, 5.74) is 0. The lowest BCUT2D eigenvalue weighted by Gasteiger charge is -2.10. The molecule has 0 aliphatic rings. The topological polar surface area (TPSA) is 78.4 Å². The molecule has 0 amide bonds. The van der Waals surface area contributed by atoms with E-state index in [-0.39, 0.29) is 13.0 Å². The van der Waals surface area contributed by atoms with E-state index < -0.39 is 29.0 Å². The fourth-order valence-corrected chi connectivity index (χ4v) is 1.47. The van der Waals surface area contributed by atoms with Crippen LogP contribution in [0.25, 0.3) is 0 Å². The van der Waals surface area contributed by atoms with Gasteiger partial charge in [0.2, 0.25) is 0 Å². The Bertz CT molecular complexity index is 276. The van der Waals surface area contributed by atoms with Crippen molar-refractivity contribution in [2.75, 3.05) is 13.1 Å². The first kappa shape index (κ1) is 14.6. The van der Waals surface area contributed by atoms with Crippen molar-refractivity contribution in [2.24, 2.45) is 0 Å². The van der Waals surface area contributed by atoms with Gasteiger partial charge in [-0.05, 0) is 13.3 Å². The van der Waals surface area contributed by atoms with Crippen LogP contribution < -0.4 is 9.44 Å². The lowest BCUT2D eigenvalue weighted by Crippen LogP contribution is -2.42. The van der Waals surface area contributed by atoms with Gasteiger partial charge in [-0.1, -0.05) is 0 Å². The zero-order valence-electron chi connectivity index (χ0n) is 8.00. The Labute approximate surface area is 85.9 Å². The molecule has 0 saturated heterocycles. The highest BCUT2D eigenvalue weighted by atomic mass is 32.2. The second-order valence-corrected chi connectivity index (χ2v) is 4.56. The summed E-state index contributed by atoms with van der Waals surface area (Å²) >= 11 is 0. The molecule has 0 aromatic heterocycles. The minimum atomic E-state index is -4.58. The highest BCUT2D eigenvalue weighted by Crippen LogP contribution is 2.12. The summed E-state index contributed by atoms with van der Waals surface area (Å²) in [7, 11) is -4.14. The molecule has 0 spiro atoms. The molecule has 1 atom stereocenters. The van der Waals surface area contributed by atoms with Crippen molar-refractivity contribution in [1.82, 2.24) is 9.44 Å². The van der Waals surface area contributed by atoms with Crippen LogP contribution in [0.1, 0.15) is 13.3 Å². The molecule has 0 radical (unpaired) electrons. The molecule has 0 saturated carbocycles. The van der Waals surface area contributed by atoms with Crippen molar-refractivity contribution < 1.29 is 26.7 Å². The summed E-state index contributed by atoms with van der Waals surface area (Å²) in [6, 6.07) is 0. The molecule has 0 aromatic carbocycles. The van der Waals surface area contributed by atoms with Crippen LogP contribution in [0, 0.1) is 0 Å². The van der Waals surface area contributed by atoms with Crippen LogP contribution in [-0.2, 0) is 10.2 Å². The summed E-state index contributed by atoms with van der Waals surface area (Å²) < 4.78 is 59.8. The summed E-state index contributed by atoms with van der Waals surface area (Å²) in [5.74, 6) is 0. The number of halogens is 3. The minimum absolute atomic E-state index is 0.120. The second-order valence-electron chi connectivity index (χ2n) is 2.97. The molecule has 0 aromatic rings. The van der Waals surface area contributed by atoms with Crippen LogP contribution in [-0.4, -0.2) is 38.9 Å². The maximum Gasteiger partial charge on any atom is 0.402 e. The number of hydrogen-bond donors (Lipinski definition) is 3. The Balaban J connectivity index is 3.89. The molecule has 5 nitrogen and oxygen atoms in total. The first-order chi connectivity index (χ1) is 6.62. The molecule has 0 fully saturated rings. The molecular formula is C6H13F3N2O3S. The van der Waals surface area contributed by atoms with Crippen molar-refractivity contribution >= 4 is 10.2 Å². The lowest BCUT2D eigenvalue weighted by molar-refractivity contribution is -0.121. The fourth-order valence-electron chi connectivity index (χ4n) is 0.630. The van der Waals surface area contributed by atoms with Gasteiger partial charge in [0.05, 0.1) is 6.10 Å². The molecule has 1 unspecified atom stereocenters. The molecule has 0 aliphatic carbocycles. The highest BCUT2D eigenvalue weighted by molar-refractivity contribution is 7.87. The first-order valence-electron chi connectivity index (χ1n) is 4.11. The van der Waals surface area contributed by atoms with E-state index in [2.05, 4.69) is 0 Å². The molecule has 0 bridgehead atoms. The predicted octanol–water partition coefficient (Wildman–Crippen LogP) is -0.256. The van der Waals surface area contributed by atoms with Crippen molar-refractivity contribution in [3.05, 3.63) is 0 Å². The van der Waals surface area contributed by atoms with Crippen LogP contribution in [0.2, 0.25) is 0 Å². The van der Waals surface area contributed by atoms with E-state index in [9.17, 15) is 21.6 Å². The third-order valence-corrected chi connectivity index (χ3v) is 2.43. The highest BCUT2D eigenvalue weighted by Gasteiger charge is 2.29. The van der Waals surface area contributed by atoms with Gasteiger partial charge in [-0.25, -0.2) is 4.72 Å². The zero-order chi connectivity index (χ0) is 12.1. The minimum Gasteiger partial charge on any atom is -0.393 e. The molecule has 0 aliphatic heterocycles. The van der Waals surface area contributed by atoms with Gasteiger partial charge in [0.1, 0.15) is 6.54 Å². The smallest absolute Gasteiger partial charge is 0.393 e. The van der Waals surface area contributed by atoms with Crippen molar-refractivity contribution in [3.63, 3.8) is 0 Å². The third kappa shape index (κ3) is 9.91. The quantitative estimate of drug-likeness (QED) is 0.608. The second kappa shape index (κ2) is 5.64. The van der Waals surface area contributed by atoms with Gasteiger partial charge < -0.3 is 5.11 Å². The van der Waals surface area contributed by atoms with E-state index in [0.29, 0.717) is 0 Å². The molecule has 9 heteroatoms. The van der Waals surface area contributed by atoms with Gasteiger partial charge in [-0.3, -0.25) is 0 Å². The normalized spacial score (nSPS) is 15.3. The van der Waals surface area contributed by atoms with Crippen molar-refractivity contribution in [2.45, 2.75) is 25.6 Å². The average molecular weight is 250 g/mol. The summed E-state index contributed by atoms with van der Waals surface area (Å²) in [5, 5.41) is 8.77. The number of alkyl halides is 3. The molecule has 0 heterocycles. The molecule has 0 rings (SSSR count). The summed E-state index contributed by atoms with van der Waals surface area (Å²) in [4.78, 5) is 0. The maximum atomic E-state index is 11.6. The Morgan fingerprint density at radius 1 is 1.33 bits per heavy atom. The maximum absolute atomic E-state index is 11.6. The van der Waals surface area contributed by atoms with E-state index in [4.69, 9.17) is 5.11 Å². The average Bonchev–Trinajstić information content (AvgIpc) is 1.99. The Morgan fingerprint density at radius 3 is 2.27 bits per heavy atom. The SMILES string of the molecule is CC(O)CCNS(=O)(=O)NCC(F)(F)F. The van der Waals surface area contributed by atoms with E-state index in [1.54, 1.807) is 0 Å². The van der Waals surface area contributed by atoms with Gasteiger partial charge in [0.25, 0.3) is 10.2 Å². The number of nitrogens with one attached hydrogen (secondary N) is 2. The Morgan fingerprint density at radius 2 is 1.87 bits per heavy atom. The lowest BCUT2D eigenvalue weighted by atomic mass is 10.3. The van der Waals surface area contributed by atoms with Crippen LogP contribution >= 0.6 is 0 Å². The predicted molar refractivity (Wildman–Crippen MR) is 47.3 cm³/mol. The fraction of sp³-hybridized carbons (Fsp3) is 1.00. The van der Waals surface area contributed by atoms with Crippen molar-refractivity contribution in [3.8, 4) is 0 Å². The van der Waals surface area contributed by atoms with Gasteiger partial charge in [-0.15, -0.1) is 0 Å². The standard InChI is InChI=1S/C6H13F3N2O3S/c1-5(12)2-3-10-15(13,14)11-4-6(7,8)9/h5,10-12H,2-4H2,1H3. The number of rotatable bonds is 6. The van der Waals surface area contributed by atoms with Gasteiger partial charge >= 0.3 is 6.18 Å². The molecule has 92 valence electrons. The zero-order valence-corrected chi connectivity index (χ0v) is 8.82. The first-order valence-corrected chi connectivity index (χ1v) is 5.60. The third-order valence-electron chi connectivity index (χ3n) is 1.32. The van der Waals surface area contributed by atoms with Gasteiger partial charge in [0.15, 0.2) is 0 Å². The van der Waals surface area contributed by atoms with Crippen LogP contribution in [0.4, 0.5) is 13.2 Å². The van der Waals surface area contributed by atoms with E-state index in [1.807, 2.05) is 4.72 Å². The number of aliphatic hydroxyl groups excluding tert-OH is 1. The van der Waals surface area contributed by atoms with E-state index in [0.717, 1.165) is 0 Å². The van der Waals surface area contributed by atoms with E-state index in [1.165, 1.54) is 11.6 Å². The largest absolute Gasteiger partial charge is 0.402 e. The van der Waals surface area contributed by atoms with Crippen LogP contribution in [0.3, 0.4) is 0 Å².